The van der Waals surface area contributed by atoms with Gasteiger partial charge in [-0.25, -0.2) is 4.39 Å². The molecule has 36 heavy (non-hydrogen) atoms. The molecule has 0 saturated carbocycles. The summed E-state index contributed by atoms with van der Waals surface area (Å²) in [7, 11) is 2.96. The first-order valence-corrected chi connectivity index (χ1v) is 11.3. The van der Waals surface area contributed by atoms with Gasteiger partial charge in [0.1, 0.15) is 18.2 Å². The molecular formula is C26H22ClF4NO4. The van der Waals surface area contributed by atoms with E-state index in [1.54, 1.807) is 12.1 Å². The molecule has 0 N–H and O–H groups in total. The van der Waals surface area contributed by atoms with Gasteiger partial charge in [-0.2, -0.15) is 13.2 Å². The van der Waals surface area contributed by atoms with E-state index < -0.39 is 29.5 Å². The molecule has 1 atom stereocenters. The van der Waals surface area contributed by atoms with Crippen molar-refractivity contribution < 1.29 is 36.6 Å². The fraction of sp³-hybridized carbons (Fsp3) is 0.269. The zero-order valence-corrected chi connectivity index (χ0v) is 20.1. The molecule has 5 nitrogen and oxygen atoms in total. The number of benzene rings is 3. The van der Waals surface area contributed by atoms with Gasteiger partial charge in [0.15, 0.2) is 11.5 Å². The smallest absolute Gasteiger partial charge is 0.416 e. The van der Waals surface area contributed by atoms with E-state index in [1.165, 1.54) is 43.4 Å². The third-order valence-corrected chi connectivity index (χ3v) is 6.32. The minimum atomic E-state index is -4.54. The molecule has 0 aromatic heterocycles. The summed E-state index contributed by atoms with van der Waals surface area (Å²) in [6.45, 7) is 0.00417. The van der Waals surface area contributed by atoms with E-state index in [9.17, 15) is 22.4 Å². The topological polar surface area (TPSA) is 48.0 Å². The Hall–Kier alpha value is -3.46. The molecule has 0 spiro atoms. The first-order chi connectivity index (χ1) is 17.1. The van der Waals surface area contributed by atoms with Crippen LogP contribution in [0.2, 0.25) is 5.02 Å². The van der Waals surface area contributed by atoms with Crippen LogP contribution in [0.25, 0.3) is 0 Å². The number of methoxy groups -OCH3 is 2. The van der Waals surface area contributed by atoms with Crippen molar-refractivity contribution in [2.45, 2.75) is 18.6 Å². The molecule has 1 amide bonds. The molecule has 0 bridgehead atoms. The van der Waals surface area contributed by atoms with Gasteiger partial charge < -0.3 is 19.1 Å². The largest absolute Gasteiger partial charge is 0.493 e. The van der Waals surface area contributed by atoms with E-state index in [0.717, 1.165) is 23.8 Å². The van der Waals surface area contributed by atoms with Gasteiger partial charge in [-0.1, -0.05) is 23.7 Å². The van der Waals surface area contributed by atoms with Crippen molar-refractivity contribution in [3.8, 4) is 17.2 Å². The van der Waals surface area contributed by atoms with Gasteiger partial charge >= 0.3 is 6.18 Å². The second-order valence-electron chi connectivity index (χ2n) is 8.10. The van der Waals surface area contributed by atoms with E-state index in [2.05, 4.69) is 0 Å². The Morgan fingerprint density at radius 3 is 2.42 bits per heavy atom. The van der Waals surface area contributed by atoms with Gasteiger partial charge in [0, 0.05) is 6.54 Å². The van der Waals surface area contributed by atoms with Crippen LogP contribution in [0, 0.1) is 5.82 Å². The van der Waals surface area contributed by atoms with Crippen molar-refractivity contribution in [2.75, 3.05) is 27.4 Å². The highest BCUT2D eigenvalue weighted by Crippen LogP contribution is 2.40. The summed E-state index contributed by atoms with van der Waals surface area (Å²) in [5, 5.41) is -0.0457. The lowest BCUT2D eigenvalue weighted by atomic mass is 9.91. The van der Waals surface area contributed by atoms with Crippen LogP contribution in [0.5, 0.6) is 17.2 Å². The summed E-state index contributed by atoms with van der Waals surface area (Å²) in [5.74, 6) is -0.558. The van der Waals surface area contributed by atoms with Gasteiger partial charge in [-0.05, 0) is 60.0 Å². The van der Waals surface area contributed by atoms with Crippen LogP contribution in [0.1, 0.15) is 33.1 Å². The minimum Gasteiger partial charge on any atom is -0.493 e. The Balaban J connectivity index is 1.74. The number of nitrogens with zero attached hydrogens (tertiary/aromatic N) is 1. The SMILES string of the molecule is COc1cc2c(cc1OC)C(COc1cccc(C(F)(F)F)c1)N(C(=O)c1c(F)cccc1Cl)CC2. The van der Waals surface area contributed by atoms with Crippen molar-refractivity contribution in [1.29, 1.82) is 0 Å². The molecule has 0 aliphatic carbocycles. The number of halogens is 5. The second-order valence-corrected chi connectivity index (χ2v) is 8.51. The molecule has 0 saturated heterocycles. The maximum absolute atomic E-state index is 14.6. The molecule has 1 aliphatic rings. The normalized spacial score (nSPS) is 15.3. The molecule has 3 aromatic carbocycles. The number of rotatable bonds is 6. The highest BCUT2D eigenvalue weighted by molar-refractivity contribution is 6.33. The summed E-state index contributed by atoms with van der Waals surface area (Å²) in [6.07, 6.45) is -4.11. The van der Waals surface area contributed by atoms with E-state index in [4.69, 9.17) is 25.8 Å². The Labute approximate surface area is 210 Å². The molecule has 10 heteroatoms. The summed E-state index contributed by atoms with van der Waals surface area (Å²) in [6, 6.07) is 11.1. The van der Waals surface area contributed by atoms with Crippen LogP contribution in [-0.4, -0.2) is 38.2 Å². The number of hydrogen-bond donors (Lipinski definition) is 0. The van der Waals surface area contributed by atoms with Gasteiger partial charge in [-0.3, -0.25) is 4.79 Å². The Morgan fingerprint density at radius 2 is 1.75 bits per heavy atom. The van der Waals surface area contributed by atoms with Crippen molar-refractivity contribution in [2.24, 2.45) is 0 Å². The van der Waals surface area contributed by atoms with Crippen molar-refractivity contribution in [3.63, 3.8) is 0 Å². The van der Waals surface area contributed by atoms with Crippen molar-refractivity contribution in [3.05, 3.63) is 87.7 Å². The lowest BCUT2D eigenvalue weighted by Crippen LogP contribution is -2.43. The molecule has 0 fully saturated rings. The molecule has 4 rings (SSSR count). The van der Waals surface area contributed by atoms with Gasteiger partial charge in [-0.15, -0.1) is 0 Å². The molecule has 1 unspecified atom stereocenters. The zero-order valence-electron chi connectivity index (χ0n) is 19.4. The van der Waals surface area contributed by atoms with Crippen LogP contribution >= 0.6 is 11.6 Å². The number of amides is 1. The van der Waals surface area contributed by atoms with E-state index >= 15 is 0 Å². The molecule has 190 valence electrons. The van der Waals surface area contributed by atoms with Crippen LogP contribution in [0.15, 0.2) is 54.6 Å². The predicted octanol–water partition coefficient (Wildman–Crippen LogP) is 6.33. The third-order valence-electron chi connectivity index (χ3n) is 6.01. The summed E-state index contributed by atoms with van der Waals surface area (Å²) < 4.78 is 70.6. The first-order valence-electron chi connectivity index (χ1n) is 10.9. The molecule has 1 heterocycles. The second kappa shape index (κ2) is 10.3. The van der Waals surface area contributed by atoms with Crippen LogP contribution in [0.4, 0.5) is 17.6 Å². The highest BCUT2D eigenvalue weighted by Gasteiger charge is 2.35. The number of alkyl halides is 3. The number of fused-ring (bicyclic) bond motifs is 1. The maximum atomic E-state index is 14.6. The molecule has 0 radical (unpaired) electrons. The van der Waals surface area contributed by atoms with E-state index in [1.807, 2.05) is 0 Å². The van der Waals surface area contributed by atoms with E-state index in [0.29, 0.717) is 23.5 Å². The zero-order chi connectivity index (χ0) is 26.0. The van der Waals surface area contributed by atoms with Crippen LogP contribution in [0.3, 0.4) is 0 Å². The first kappa shape index (κ1) is 25.6. The standard InChI is InChI=1S/C26H22ClF4NO4/c1-34-22-11-15-9-10-32(25(33)24-19(27)7-4-8-20(24)28)21(18(15)13-23(22)35-2)14-36-17-6-3-5-16(12-17)26(29,30)31/h3-8,11-13,21H,9-10,14H2,1-2H3. The van der Waals surface area contributed by atoms with Gasteiger partial charge in [0.05, 0.1) is 36.4 Å². The fourth-order valence-corrected chi connectivity index (χ4v) is 4.48. The molecular weight excluding hydrogens is 502 g/mol. The lowest BCUT2D eigenvalue weighted by Gasteiger charge is -2.38. The monoisotopic (exact) mass is 523 g/mol. The summed E-state index contributed by atoms with van der Waals surface area (Å²) >= 11 is 6.15. The highest BCUT2D eigenvalue weighted by atomic mass is 35.5. The average molecular weight is 524 g/mol. The number of carbonyl (C=O) groups is 1. The Kier molecular flexibility index (Phi) is 7.31. The lowest BCUT2D eigenvalue weighted by molar-refractivity contribution is -0.137. The Morgan fingerprint density at radius 1 is 1.06 bits per heavy atom. The van der Waals surface area contributed by atoms with Crippen molar-refractivity contribution >= 4 is 17.5 Å². The Bertz CT molecular complexity index is 1260. The third kappa shape index (κ3) is 5.06. The van der Waals surface area contributed by atoms with Crippen LogP contribution < -0.4 is 14.2 Å². The quantitative estimate of drug-likeness (QED) is 0.354. The van der Waals surface area contributed by atoms with Crippen molar-refractivity contribution in [1.82, 2.24) is 4.90 Å². The average Bonchev–Trinajstić information content (AvgIpc) is 2.85. The minimum absolute atomic E-state index is 0.0197. The number of carbonyl (C=O) groups excluding carboxylic acids is 1. The van der Waals surface area contributed by atoms with Crippen LogP contribution in [-0.2, 0) is 12.6 Å². The maximum Gasteiger partial charge on any atom is 0.416 e. The van der Waals surface area contributed by atoms with E-state index in [-0.39, 0.29) is 29.5 Å². The summed E-state index contributed by atoms with van der Waals surface area (Å²) in [4.78, 5) is 14.9. The molecule has 3 aromatic rings. The number of ether oxygens (including phenoxy) is 3. The van der Waals surface area contributed by atoms with Gasteiger partial charge in [0.2, 0.25) is 0 Å². The summed E-state index contributed by atoms with van der Waals surface area (Å²) in [5.41, 5.74) is 0.342. The fourth-order valence-electron chi connectivity index (χ4n) is 4.23. The predicted molar refractivity (Wildman–Crippen MR) is 125 cm³/mol. The number of hydrogen-bond acceptors (Lipinski definition) is 4. The molecule has 1 aliphatic heterocycles. The van der Waals surface area contributed by atoms with Gasteiger partial charge in [0.25, 0.3) is 5.91 Å².